The van der Waals surface area contributed by atoms with E-state index in [1.807, 2.05) is 68.4 Å². The molecule has 0 aromatic heterocycles. The minimum absolute atomic E-state index is 0.170. The van der Waals surface area contributed by atoms with Crippen molar-refractivity contribution in [2.45, 2.75) is 20.3 Å². The lowest BCUT2D eigenvalue weighted by molar-refractivity contribution is -0.123. The van der Waals surface area contributed by atoms with Crippen molar-refractivity contribution in [2.75, 3.05) is 26.4 Å². The van der Waals surface area contributed by atoms with Crippen molar-refractivity contribution < 1.29 is 23.8 Å². The van der Waals surface area contributed by atoms with Gasteiger partial charge < -0.3 is 14.2 Å². The van der Waals surface area contributed by atoms with E-state index >= 15 is 0 Å². The quantitative estimate of drug-likeness (QED) is 0.253. The van der Waals surface area contributed by atoms with Crippen LogP contribution in [0, 0.1) is 0 Å². The fourth-order valence-electron chi connectivity index (χ4n) is 3.69. The number of halogens is 1. The lowest BCUT2D eigenvalue weighted by atomic mass is 10.1. The third-order valence-electron chi connectivity index (χ3n) is 5.28. The van der Waals surface area contributed by atoms with Crippen LogP contribution in [0.15, 0.2) is 64.0 Å². The Kier molecular flexibility index (Phi) is 8.36. The van der Waals surface area contributed by atoms with Gasteiger partial charge in [0, 0.05) is 5.39 Å². The molecule has 3 aromatic carbocycles. The highest BCUT2D eigenvalue weighted by molar-refractivity contribution is 9.10. The number of ether oxygens (including phenoxy) is 3. The van der Waals surface area contributed by atoms with Crippen molar-refractivity contribution in [3.63, 3.8) is 0 Å². The van der Waals surface area contributed by atoms with Gasteiger partial charge in [0.1, 0.15) is 12.4 Å². The molecule has 3 aromatic rings. The van der Waals surface area contributed by atoms with Gasteiger partial charge in [0.15, 0.2) is 11.5 Å². The van der Waals surface area contributed by atoms with Crippen molar-refractivity contribution in [3.8, 4) is 17.2 Å². The van der Waals surface area contributed by atoms with Gasteiger partial charge in [-0.25, -0.2) is 0 Å². The van der Waals surface area contributed by atoms with Crippen molar-refractivity contribution >= 4 is 55.7 Å². The monoisotopic (exact) mass is 555 g/mol. The van der Waals surface area contributed by atoms with Gasteiger partial charge in [0.25, 0.3) is 11.1 Å². The van der Waals surface area contributed by atoms with Crippen LogP contribution in [0.2, 0.25) is 0 Å². The van der Waals surface area contributed by atoms with Crippen LogP contribution in [0.4, 0.5) is 4.79 Å². The Hall–Kier alpha value is -2.97. The Morgan fingerprint density at radius 3 is 2.54 bits per heavy atom. The summed E-state index contributed by atoms with van der Waals surface area (Å²) in [7, 11) is 0. The number of fused-ring (bicyclic) bond motifs is 1. The first-order valence-electron chi connectivity index (χ1n) is 11.5. The van der Waals surface area contributed by atoms with Gasteiger partial charge in [0.2, 0.25) is 0 Å². The van der Waals surface area contributed by atoms with Gasteiger partial charge in [-0.3, -0.25) is 14.5 Å². The maximum absolute atomic E-state index is 13.0. The summed E-state index contributed by atoms with van der Waals surface area (Å²) < 4.78 is 18.2. The number of imide groups is 1. The zero-order valence-electron chi connectivity index (χ0n) is 19.6. The Morgan fingerprint density at radius 2 is 1.74 bits per heavy atom. The van der Waals surface area contributed by atoms with Gasteiger partial charge in [-0.05, 0) is 76.3 Å². The zero-order chi connectivity index (χ0) is 24.8. The van der Waals surface area contributed by atoms with E-state index in [9.17, 15) is 9.59 Å². The van der Waals surface area contributed by atoms with Crippen LogP contribution in [0.5, 0.6) is 17.2 Å². The van der Waals surface area contributed by atoms with E-state index in [4.69, 9.17) is 14.2 Å². The summed E-state index contributed by atoms with van der Waals surface area (Å²) >= 11 is 4.46. The lowest BCUT2D eigenvalue weighted by Gasteiger charge is -2.15. The van der Waals surface area contributed by atoms with Crippen molar-refractivity contribution in [1.82, 2.24) is 4.90 Å². The summed E-state index contributed by atoms with van der Waals surface area (Å²) in [5, 5.41) is 1.75. The molecule has 182 valence electrons. The van der Waals surface area contributed by atoms with Crippen LogP contribution in [0.25, 0.3) is 16.8 Å². The van der Waals surface area contributed by atoms with E-state index in [0.717, 1.165) is 44.7 Å². The number of rotatable bonds is 10. The number of nitrogens with zero attached hydrogens (tertiary/aromatic N) is 1. The molecule has 0 radical (unpaired) electrons. The number of thioether (sulfide) groups is 1. The highest BCUT2D eigenvalue weighted by Crippen LogP contribution is 2.39. The van der Waals surface area contributed by atoms with Crippen molar-refractivity contribution in [2.24, 2.45) is 0 Å². The molecular weight excluding hydrogens is 530 g/mol. The Morgan fingerprint density at radius 1 is 0.943 bits per heavy atom. The first kappa shape index (κ1) is 25.1. The lowest BCUT2D eigenvalue weighted by Crippen LogP contribution is -2.32. The molecule has 1 saturated heterocycles. The number of hydrogen-bond acceptors (Lipinski definition) is 6. The van der Waals surface area contributed by atoms with E-state index in [1.165, 1.54) is 4.90 Å². The molecule has 1 aliphatic rings. The standard InChI is InChI=1S/C27H26BrNO5S/c1-3-13-34-25-21(28)15-18(16-23(25)32-4-2)17-24-26(30)29(27(31)35-24)12-14-33-22-11-7-9-19-8-5-6-10-20(19)22/h5-11,15-17H,3-4,12-14H2,1-2H3/b24-17-. The molecule has 1 heterocycles. The van der Waals surface area contributed by atoms with Crippen molar-refractivity contribution in [1.29, 1.82) is 0 Å². The van der Waals surface area contributed by atoms with E-state index in [1.54, 1.807) is 6.08 Å². The molecule has 0 saturated carbocycles. The first-order chi connectivity index (χ1) is 17.0. The molecule has 35 heavy (non-hydrogen) atoms. The van der Waals surface area contributed by atoms with E-state index < -0.39 is 0 Å². The number of hydrogen-bond donors (Lipinski definition) is 0. The molecule has 1 aliphatic heterocycles. The minimum atomic E-state index is -0.332. The largest absolute Gasteiger partial charge is 0.491 e. The molecule has 6 nitrogen and oxygen atoms in total. The fourth-order valence-corrected chi connectivity index (χ4v) is 5.13. The van der Waals surface area contributed by atoms with Gasteiger partial charge >= 0.3 is 0 Å². The predicted molar refractivity (Wildman–Crippen MR) is 143 cm³/mol. The maximum atomic E-state index is 13.0. The third-order valence-corrected chi connectivity index (χ3v) is 6.77. The summed E-state index contributed by atoms with van der Waals surface area (Å²) in [5.41, 5.74) is 0.738. The summed E-state index contributed by atoms with van der Waals surface area (Å²) in [6, 6.07) is 17.4. The highest BCUT2D eigenvalue weighted by Gasteiger charge is 2.35. The fraction of sp³-hybridized carbons (Fsp3) is 0.259. The van der Waals surface area contributed by atoms with Gasteiger partial charge in [-0.15, -0.1) is 0 Å². The molecule has 0 N–H and O–H groups in total. The molecule has 0 atom stereocenters. The Labute approximate surface area is 217 Å². The second kappa shape index (κ2) is 11.6. The molecule has 0 bridgehead atoms. The second-order valence-electron chi connectivity index (χ2n) is 7.77. The zero-order valence-corrected chi connectivity index (χ0v) is 22.0. The van der Waals surface area contributed by atoms with Crippen LogP contribution >= 0.6 is 27.7 Å². The molecule has 8 heteroatoms. The van der Waals surface area contributed by atoms with Crippen LogP contribution in [-0.4, -0.2) is 42.4 Å². The molecule has 0 aliphatic carbocycles. The number of benzene rings is 3. The van der Waals surface area contributed by atoms with E-state index in [0.29, 0.717) is 29.6 Å². The average molecular weight is 556 g/mol. The molecule has 1 fully saturated rings. The Balaban J connectivity index is 1.46. The molecule has 0 spiro atoms. The SMILES string of the molecule is CCCOc1c(Br)cc(/C=C2\SC(=O)N(CCOc3cccc4ccccc34)C2=O)cc1OCC. The van der Waals surface area contributed by atoms with E-state index in [-0.39, 0.29) is 24.3 Å². The maximum Gasteiger partial charge on any atom is 0.293 e. The topological polar surface area (TPSA) is 65.1 Å². The minimum Gasteiger partial charge on any atom is -0.491 e. The third kappa shape index (κ3) is 5.82. The smallest absolute Gasteiger partial charge is 0.293 e. The highest BCUT2D eigenvalue weighted by atomic mass is 79.9. The summed E-state index contributed by atoms with van der Waals surface area (Å²) in [6.07, 6.45) is 2.57. The Bertz CT molecular complexity index is 1270. The predicted octanol–water partition coefficient (Wildman–Crippen LogP) is 6.91. The van der Waals surface area contributed by atoms with Gasteiger partial charge in [0.05, 0.1) is 29.1 Å². The first-order valence-corrected chi connectivity index (χ1v) is 13.1. The molecule has 4 rings (SSSR count). The van der Waals surface area contributed by atoms with Gasteiger partial charge in [-0.2, -0.15) is 0 Å². The summed E-state index contributed by atoms with van der Waals surface area (Å²) in [5.74, 6) is 1.61. The van der Waals surface area contributed by atoms with Crippen LogP contribution in [-0.2, 0) is 4.79 Å². The summed E-state index contributed by atoms with van der Waals surface area (Å²) in [4.78, 5) is 27.1. The van der Waals surface area contributed by atoms with Crippen LogP contribution in [0.1, 0.15) is 25.8 Å². The number of carbonyl (C=O) groups is 2. The van der Waals surface area contributed by atoms with E-state index in [2.05, 4.69) is 15.9 Å². The summed E-state index contributed by atoms with van der Waals surface area (Å²) in [6.45, 7) is 5.36. The van der Waals surface area contributed by atoms with Crippen molar-refractivity contribution in [3.05, 3.63) is 69.5 Å². The average Bonchev–Trinajstić information content (AvgIpc) is 3.11. The molecule has 2 amide bonds. The number of carbonyl (C=O) groups excluding carboxylic acids is 2. The molecule has 0 unspecified atom stereocenters. The number of amides is 2. The van der Waals surface area contributed by atoms with Crippen LogP contribution < -0.4 is 14.2 Å². The van der Waals surface area contributed by atoms with Crippen LogP contribution in [0.3, 0.4) is 0 Å². The van der Waals surface area contributed by atoms with Gasteiger partial charge in [-0.1, -0.05) is 43.3 Å². The molecular formula is C27H26BrNO5S. The second-order valence-corrected chi connectivity index (χ2v) is 9.62. The normalized spacial score (nSPS) is 14.7.